The van der Waals surface area contributed by atoms with Crippen LogP contribution in [-0.2, 0) is 0 Å². The molecule has 1 fully saturated rings. The highest BCUT2D eigenvalue weighted by atomic mass is 32.1. The van der Waals surface area contributed by atoms with Crippen molar-refractivity contribution in [1.29, 1.82) is 0 Å². The molecule has 8 heteroatoms. The standard InChI is InChI=1S/C21H25F2N3O2S/c1-27-17-8-4-15(5-9-17)19(26-12-2-3-13-26)14-24-21(29)25-16-6-10-18(11-7-16)28-20(22)23/h4-11,19-20H,2-3,12-14H2,1H3,(H2,24,25,29)/t19-/m0/s1. The Morgan fingerprint density at radius 1 is 1.03 bits per heavy atom. The molecule has 1 atom stereocenters. The van der Waals surface area contributed by atoms with Crippen molar-refractivity contribution in [1.82, 2.24) is 10.2 Å². The Morgan fingerprint density at radius 2 is 1.66 bits per heavy atom. The molecule has 0 saturated carbocycles. The van der Waals surface area contributed by atoms with E-state index in [1.54, 1.807) is 19.2 Å². The summed E-state index contributed by atoms with van der Waals surface area (Å²) in [5, 5.41) is 6.83. The smallest absolute Gasteiger partial charge is 0.387 e. The first-order valence-electron chi connectivity index (χ1n) is 9.53. The van der Waals surface area contributed by atoms with Crippen molar-refractivity contribution in [2.45, 2.75) is 25.5 Å². The Balaban J connectivity index is 1.58. The van der Waals surface area contributed by atoms with E-state index in [-0.39, 0.29) is 11.8 Å². The van der Waals surface area contributed by atoms with Gasteiger partial charge in [0.2, 0.25) is 0 Å². The first-order chi connectivity index (χ1) is 14.0. The maximum atomic E-state index is 12.2. The molecule has 1 heterocycles. The van der Waals surface area contributed by atoms with Crippen molar-refractivity contribution in [3.63, 3.8) is 0 Å². The molecule has 0 radical (unpaired) electrons. The molecule has 29 heavy (non-hydrogen) atoms. The van der Waals surface area contributed by atoms with Gasteiger partial charge in [0, 0.05) is 12.2 Å². The number of likely N-dealkylation sites (tertiary alicyclic amines) is 1. The van der Waals surface area contributed by atoms with Gasteiger partial charge in [0.25, 0.3) is 0 Å². The third kappa shape index (κ3) is 6.27. The van der Waals surface area contributed by atoms with Crippen LogP contribution in [0.5, 0.6) is 11.5 Å². The second kappa shape index (κ2) is 10.4. The van der Waals surface area contributed by atoms with Gasteiger partial charge >= 0.3 is 6.61 Å². The fraction of sp³-hybridized carbons (Fsp3) is 0.381. The lowest BCUT2D eigenvalue weighted by molar-refractivity contribution is -0.0498. The molecular weight excluding hydrogens is 396 g/mol. The summed E-state index contributed by atoms with van der Waals surface area (Å²) in [6.07, 6.45) is 2.39. The topological polar surface area (TPSA) is 45.8 Å². The van der Waals surface area contributed by atoms with Crippen molar-refractivity contribution >= 4 is 23.0 Å². The largest absolute Gasteiger partial charge is 0.497 e. The molecule has 0 unspecified atom stereocenters. The van der Waals surface area contributed by atoms with E-state index >= 15 is 0 Å². The zero-order chi connectivity index (χ0) is 20.6. The predicted octanol–water partition coefficient (Wildman–Crippen LogP) is 4.42. The number of hydrogen-bond donors (Lipinski definition) is 2. The highest BCUT2D eigenvalue weighted by Crippen LogP contribution is 2.26. The molecule has 5 nitrogen and oxygen atoms in total. The van der Waals surface area contributed by atoms with Crippen LogP contribution in [0.4, 0.5) is 14.5 Å². The lowest BCUT2D eigenvalue weighted by Gasteiger charge is -2.29. The minimum atomic E-state index is -2.84. The van der Waals surface area contributed by atoms with Crippen molar-refractivity contribution in [3.8, 4) is 11.5 Å². The van der Waals surface area contributed by atoms with Gasteiger partial charge in [-0.3, -0.25) is 4.90 Å². The number of hydrogen-bond acceptors (Lipinski definition) is 4. The second-order valence-corrected chi connectivity index (χ2v) is 7.18. The molecular formula is C21H25F2N3O2S. The van der Waals surface area contributed by atoms with E-state index in [0.29, 0.717) is 17.3 Å². The van der Waals surface area contributed by atoms with Crippen LogP contribution in [0.3, 0.4) is 0 Å². The monoisotopic (exact) mass is 421 g/mol. The average molecular weight is 422 g/mol. The molecule has 1 aliphatic rings. The van der Waals surface area contributed by atoms with Crippen LogP contribution in [0.2, 0.25) is 0 Å². The molecule has 0 aromatic heterocycles. The summed E-state index contributed by atoms with van der Waals surface area (Å²) in [4.78, 5) is 2.45. The summed E-state index contributed by atoms with van der Waals surface area (Å²) < 4.78 is 34.1. The number of methoxy groups -OCH3 is 1. The van der Waals surface area contributed by atoms with Gasteiger partial charge in [-0.1, -0.05) is 12.1 Å². The maximum Gasteiger partial charge on any atom is 0.387 e. The molecule has 0 spiro atoms. The van der Waals surface area contributed by atoms with Crippen molar-refractivity contribution in [3.05, 3.63) is 54.1 Å². The molecule has 1 aliphatic heterocycles. The van der Waals surface area contributed by atoms with E-state index in [1.807, 2.05) is 12.1 Å². The van der Waals surface area contributed by atoms with Gasteiger partial charge in [-0.15, -0.1) is 0 Å². The van der Waals surface area contributed by atoms with E-state index in [0.717, 1.165) is 18.8 Å². The fourth-order valence-electron chi connectivity index (χ4n) is 3.42. The summed E-state index contributed by atoms with van der Waals surface area (Å²) in [5.41, 5.74) is 1.91. The summed E-state index contributed by atoms with van der Waals surface area (Å²) in [6.45, 7) is -0.0592. The van der Waals surface area contributed by atoms with Crippen LogP contribution in [0.1, 0.15) is 24.4 Å². The van der Waals surface area contributed by atoms with Crippen LogP contribution >= 0.6 is 12.2 Å². The highest BCUT2D eigenvalue weighted by Gasteiger charge is 2.23. The Bertz CT molecular complexity index is 782. The number of benzene rings is 2. The molecule has 1 saturated heterocycles. The van der Waals surface area contributed by atoms with Crippen LogP contribution in [0.15, 0.2) is 48.5 Å². The van der Waals surface area contributed by atoms with E-state index in [2.05, 4.69) is 32.4 Å². The Labute approximate surface area is 175 Å². The molecule has 0 bridgehead atoms. The van der Waals surface area contributed by atoms with E-state index < -0.39 is 6.61 Å². The summed E-state index contributed by atoms with van der Waals surface area (Å²) in [7, 11) is 1.66. The lowest BCUT2D eigenvalue weighted by atomic mass is 10.1. The van der Waals surface area contributed by atoms with Gasteiger partial charge in [0.15, 0.2) is 5.11 Å². The summed E-state index contributed by atoms with van der Waals surface area (Å²) in [6, 6.07) is 14.5. The molecule has 2 aromatic carbocycles. The first kappa shape index (κ1) is 21.3. The zero-order valence-corrected chi connectivity index (χ0v) is 17.1. The van der Waals surface area contributed by atoms with Crippen LogP contribution in [0, 0.1) is 0 Å². The third-order valence-electron chi connectivity index (χ3n) is 4.88. The number of halogens is 2. The van der Waals surface area contributed by atoms with Crippen molar-refractivity contribution in [2.75, 3.05) is 32.1 Å². The van der Waals surface area contributed by atoms with Gasteiger partial charge in [0.05, 0.1) is 13.2 Å². The molecule has 0 amide bonds. The summed E-state index contributed by atoms with van der Waals surface area (Å²) in [5.74, 6) is 0.941. The quantitative estimate of drug-likeness (QED) is 0.616. The van der Waals surface area contributed by atoms with E-state index in [4.69, 9.17) is 17.0 Å². The molecule has 2 N–H and O–H groups in total. The molecule has 2 aromatic rings. The number of rotatable bonds is 8. The highest BCUT2D eigenvalue weighted by molar-refractivity contribution is 7.80. The Morgan fingerprint density at radius 3 is 2.24 bits per heavy atom. The fourth-order valence-corrected chi connectivity index (χ4v) is 3.62. The van der Waals surface area contributed by atoms with Gasteiger partial charge in [-0.25, -0.2) is 0 Å². The molecule has 156 valence electrons. The number of alkyl halides is 2. The van der Waals surface area contributed by atoms with Crippen LogP contribution in [0.25, 0.3) is 0 Å². The molecule has 0 aliphatic carbocycles. The lowest BCUT2D eigenvalue weighted by Crippen LogP contribution is -2.38. The van der Waals surface area contributed by atoms with Crippen molar-refractivity contribution in [2.24, 2.45) is 0 Å². The van der Waals surface area contributed by atoms with Crippen molar-refractivity contribution < 1.29 is 18.3 Å². The number of anilines is 1. The number of ether oxygens (including phenoxy) is 2. The van der Waals surface area contributed by atoms with Gasteiger partial charge < -0.3 is 20.1 Å². The maximum absolute atomic E-state index is 12.2. The van der Waals surface area contributed by atoms with Crippen LogP contribution in [-0.4, -0.2) is 43.4 Å². The number of thiocarbonyl (C=S) groups is 1. The van der Waals surface area contributed by atoms with E-state index in [1.165, 1.54) is 30.5 Å². The first-order valence-corrected chi connectivity index (χ1v) is 9.93. The van der Waals surface area contributed by atoms with Gasteiger partial charge in [-0.05, 0) is 80.1 Å². The Kier molecular flexibility index (Phi) is 7.60. The zero-order valence-electron chi connectivity index (χ0n) is 16.2. The predicted molar refractivity (Wildman–Crippen MR) is 114 cm³/mol. The minimum absolute atomic E-state index is 0.109. The van der Waals surface area contributed by atoms with Gasteiger partial charge in [-0.2, -0.15) is 8.78 Å². The van der Waals surface area contributed by atoms with Gasteiger partial charge in [0.1, 0.15) is 11.5 Å². The minimum Gasteiger partial charge on any atom is -0.497 e. The Hall–Kier alpha value is -2.45. The van der Waals surface area contributed by atoms with Crippen LogP contribution < -0.4 is 20.1 Å². The number of nitrogens with one attached hydrogen (secondary N) is 2. The SMILES string of the molecule is COc1ccc([C@H](CNC(=S)Nc2ccc(OC(F)F)cc2)N2CCCC2)cc1. The summed E-state index contributed by atoms with van der Waals surface area (Å²) >= 11 is 5.41. The molecule has 3 rings (SSSR count). The third-order valence-corrected chi connectivity index (χ3v) is 5.12. The van der Waals surface area contributed by atoms with E-state index in [9.17, 15) is 8.78 Å². The second-order valence-electron chi connectivity index (χ2n) is 6.77. The normalized spacial score (nSPS) is 15.2. The number of nitrogens with zero attached hydrogens (tertiary/aromatic N) is 1. The average Bonchev–Trinajstić information content (AvgIpc) is 3.24.